The predicted molar refractivity (Wildman–Crippen MR) is 109 cm³/mol. The Balaban J connectivity index is 2.29. The number of halogens is 1. The van der Waals surface area contributed by atoms with E-state index in [-0.39, 0.29) is 0 Å². The molecule has 1 aromatic heterocycles. The Hall–Kier alpha value is -2.60. The number of rotatable bonds is 6. The second-order valence-corrected chi connectivity index (χ2v) is 7.19. The van der Waals surface area contributed by atoms with Gasteiger partial charge < -0.3 is 15.0 Å². The van der Waals surface area contributed by atoms with Crippen LogP contribution in [-0.4, -0.2) is 23.6 Å². The fourth-order valence-electron chi connectivity index (χ4n) is 3.40. The van der Waals surface area contributed by atoms with Crippen molar-refractivity contribution in [3.8, 4) is 0 Å². The molecule has 140 valence electrons. The van der Waals surface area contributed by atoms with E-state index in [0.29, 0.717) is 24.1 Å². The highest BCUT2D eigenvalue weighted by molar-refractivity contribution is 9.10. The molecular formula is C21H21BrN2O3. The minimum absolute atomic E-state index is 0.414. The number of methoxy groups -OCH3 is 1. The fourth-order valence-corrected chi connectivity index (χ4v) is 3.81. The molecule has 2 N–H and O–H groups in total. The minimum atomic E-state index is -0.458. The molecule has 3 aromatic rings. The molecule has 5 nitrogen and oxygen atoms in total. The number of nitrogens with zero attached hydrogens (tertiary/aromatic N) is 1. The lowest BCUT2D eigenvalue weighted by Crippen LogP contribution is -2.15. The second-order valence-electron chi connectivity index (χ2n) is 6.34. The Labute approximate surface area is 166 Å². The first-order valence-corrected chi connectivity index (χ1v) is 9.53. The lowest BCUT2D eigenvalue weighted by atomic mass is 10.1. The van der Waals surface area contributed by atoms with Gasteiger partial charge in [0.2, 0.25) is 0 Å². The van der Waals surface area contributed by atoms with Crippen LogP contribution in [0, 0.1) is 0 Å². The number of hydrogen-bond acceptors (Lipinski definition) is 3. The van der Waals surface area contributed by atoms with Crippen molar-refractivity contribution < 1.29 is 14.3 Å². The zero-order valence-corrected chi connectivity index (χ0v) is 16.9. The smallest absolute Gasteiger partial charge is 0.337 e. The third-order valence-corrected chi connectivity index (χ3v) is 5.39. The summed E-state index contributed by atoms with van der Waals surface area (Å²) in [5.41, 5.74) is 9.44. The van der Waals surface area contributed by atoms with Crippen molar-refractivity contribution in [3.05, 3.63) is 69.3 Å². The third kappa shape index (κ3) is 3.62. The number of aromatic nitrogens is 1. The highest BCUT2D eigenvalue weighted by Crippen LogP contribution is 2.30. The molecule has 0 aliphatic carbocycles. The molecule has 0 aliphatic rings. The summed E-state index contributed by atoms with van der Waals surface area (Å²) in [5.74, 6) is -0.872. The zero-order valence-electron chi connectivity index (χ0n) is 15.3. The molecule has 0 atom stereocenters. The van der Waals surface area contributed by atoms with Crippen molar-refractivity contribution in [2.75, 3.05) is 7.11 Å². The van der Waals surface area contributed by atoms with Crippen LogP contribution in [0.2, 0.25) is 0 Å². The topological polar surface area (TPSA) is 74.3 Å². The van der Waals surface area contributed by atoms with E-state index in [9.17, 15) is 9.59 Å². The molecule has 1 amide bonds. The van der Waals surface area contributed by atoms with Crippen molar-refractivity contribution in [1.82, 2.24) is 4.57 Å². The molecule has 0 fully saturated rings. The Morgan fingerprint density at radius 2 is 1.93 bits per heavy atom. The summed E-state index contributed by atoms with van der Waals surface area (Å²) in [6.45, 7) is 2.62. The van der Waals surface area contributed by atoms with E-state index in [4.69, 9.17) is 10.5 Å². The van der Waals surface area contributed by atoms with Crippen LogP contribution in [0.4, 0.5) is 0 Å². The van der Waals surface area contributed by atoms with E-state index >= 15 is 0 Å². The quantitative estimate of drug-likeness (QED) is 0.594. The van der Waals surface area contributed by atoms with E-state index in [1.165, 1.54) is 7.11 Å². The molecule has 0 bridgehead atoms. The molecule has 0 saturated carbocycles. The number of benzene rings is 2. The van der Waals surface area contributed by atoms with Gasteiger partial charge in [0.05, 0.1) is 23.8 Å². The van der Waals surface area contributed by atoms with Crippen LogP contribution >= 0.6 is 15.9 Å². The van der Waals surface area contributed by atoms with Crippen LogP contribution in [0.1, 0.15) is 45.3 Å². The van der Waals surface area contributed by atoms with Gasteiger partial charge in [0.15, 0.2) is 0 Å². The highest BCUT2D eigenvalue weighted by atomic mass is 79.9. The average Bonchev–Trinajstić information content (AvgIpc) is 2.96. The van der Waals surface area contributed by atoms with Crippen LogP contribution in [0.5, 0.6) is 0 Å². The normalized spacial score (nSPS) is 10.9. The monoisotopic (exact) mass is 428 g/mol. The van der Waals surface area contributed by atoms with E-state index < -0.39 is 11.9 Å². The van der Waals surface area contributed by atoms with Crippen molar-refractivity contribution >= 4 is 38.7 Å². The maximum atomic E-state index is 12.2. The zero-order chi connectivity index (χ0) is 19.6. The fraction of sp³-hybridized carbons (Fsp3) is 0.238. The van der Waals surface area contributed by atoms with E-state index in [0.717, 1.165) is 33.1 Å². The number of esters is 1. The first-order chi connectivity index (χ1) is 13.0. The number of carbonyl (C=O) groups is 2. The van der Waals surface area contributed by atoms with Gasteiger partial charge in [-0.3, -0.25) is 4.79 Å². The maximum Gasteiger partial charge on any atom is 0.337 e. The largest absolute Gasteiger partial charge is 0.465 e. The standard InChI is InChI=1S/C21H21BrN2O3/c1-3-6-17-19(20(23)25)15-10-9-13(21(26)27-2)11-18(15)24(17)12-14-7-4-5-8-16(14)22/h4-5,7-11H,3,6,12H2,1-2H3,(H2,23,25). The summed E-state index contributed by atoms with van der Waals surface area (Å²) in [6.07, 6.45) is 1.58. The van der Waals surface area contributed by atoms with Gasteiger partial charge >= 0.3 is 5.97 Å². The van der Waals surface area contributed by atoms with Crippen molar-refractivity contribution in [1.29, 1.82) is 0 Å². The molecule has 27 heavy (non-hydrogen) atoms. The Bertz CT molecular complexity index is 1020. The Kier molecular flexibility index (Phi) is 5.65. The minimum Gasteiger partial charge on any atom is -0.465 e. The number of fused-ring (bicyclic) bond motifs is 1. The van der Waals surface area contributed by atoms with Gasteiger partial charge in [-0.2, -0.15) is 0 Å². The summed E-state index contributed by atoms with van der Waals surface area (Å²) in [4.78, 5) is 24.2. The van der Waals surface area contributed by atoms with E-state index in [1.54, 1.807) is 18.2 Å². The summed E-state index contributed by atoms with van der Waals surface area (Å²) >= 11 is 3.59. The lowest BCUT2D eigenvalue weighted by molar-refractivity contribution is 0.0600. The van der Waals surface area contributed by atoms with E-state index in [2.05, 4.69) is 27.4 Å². The number of amides is 1. The first kappa shape index (κ1) is 19.2. The molecular weight excluding hydrogens is 408 g/mol. The maximum absolute atomic E-state index is 12.2. The molecule has 0 unspecified atom stereocenters. The van der Waals surface area contributed by atoms with Crippen molar-refractivity contribution in [3.63, 3.8) is 0 Å². The number of nitrogens with two attached hydrogens (primary N) is 1. The van der Waals surface area contributed by atoms with Gasteiger partial charge in [-0.05, 0) is 30.2 Å². The summed E-state index contributed by atoms with van der Waals surface area (Å²) in [7, 11) is 1.35. The Morgan fingerprint density at radius 3 is 2.56 bits per heavy atom. The van der Waals surface area contributed by atoms with Gasteiger partial charge in [-0.1, -0.05) is 53.5 Å². The van der Waals surface area contributed by atoms with Gasteiger partial charge in [0.1, 0.15) is 0 Å². The third-order valence-electron chi connectivity index (χ3n) is 4.61. The SMILES string of the molecule is CCCc1c(C(N)=O)c2ccc(C(=O)OC)cc2n1Cc1ccccc1Br. The number of primary amides is 1. The van der Waals surface area contributed by atoms with Crippen LogP contribution in [0.25, 0.3) is 10.9 Å². The second kappa shape index (κ2) is 7.96. The van der Waals surface area contributed by atoms with Gasteiger partial charge in [0.25, 0.3) is 5.91 Å². The molecule has 1 heterocycles. The summed E-state index contributed by atoms with van der Waals surface area (Å²) < 4.78 is 7.91. The van der Waals surface area contributed by atoms with Crippen molar-refractivity contribution in [2.45, 2.75) is 26.3 Å². The molecule has 0 spiro atoms. The Morgan fingerprint density at radius 1 is 1.19 bits per heavy atom. The molecule has 2 aromatic carbocycles. The molecule has 6 heteroatoms. The molecule has 3 rings (SSSR count). The lowest BCUT2D eigenvalue weighted by Gasteiger charge is -2.13. The molecule has 0 radical (unpaired) electrons. The summed E-state index contributed by atoms with van der Waals surface area (Å²) in [6, 6.07) is 13.1. The van der Waals surface area contributed by atoms with E-state index in [1.807, 2.05) is 24.3 Å². The van der Waals surface area contributed by atoms with Crippen LogP contribution in [0.15, 0.2) is 46.9 Å². The molecule has 0 aliphatic heterocycles. The number of ether oxygens (including phenoxy) is 1. The van der Waals surface area contributed by atoms with Crippen LogP contribution in [0.3, 0.4) is 0 Å². The van der Waals surface area contributed by atoms with Gasteiger partial charge in [0, 0.05) is 22.1 Å². The van der Waals surface area contributed by atoms with Gasteiger partial charge in [-0.15, -0.1) is 0 Å². The van der Waals surface area contributed by atoms with Crippen LogP contribution in [-0.2, 0) is 17.7 Å². The molecule has 0 saturated heterocycles. The first-order valence-electron chi connectivity index (χ1n) is 8.74. The van der Waals surface area contributed by atoms with Crippen molar-refractivity contribution in [2.24, 2.45) is 5.73 Å². The van der Waals surface area contributed by atoms with Gasteiger partial charge in [-0.25, -0.2) is 4.79 Å². The van der Waals surface area contributed by atoms with Crippen LogP contribution < -0.4 is 5.73 Å². The number of hydrogen-bond donors (Lipinski definition) is 1. The highest BCUT2D eigenvalue weighted by Gasteiger charge is 2.22. The predicted octanol–water partition coefficient (Wildman–Crippen LogP) is 4.29. The summed E-state index contributed by atoms with van der Waals surface area (Å²) in [5, 5.41) is 0.755. The average molecular weight is 429 g/mol. The number of carbonyl (C=O) groups excluding carboxylic acids is 2.